The Morgan fingerprint density at radius 1 is 1.14 bits per heavy atom. The van der Waals surface area contributed by atoms with Crippen LogP contribution in [0.15, 0.2) is 59.2 Å². The molecule has 1 heterocycles. The molecule has 5 nitrogen and oxygen atoms in total. The van der Waals surface area contributed by atoms with Gasteiger partial charge in [-0.15, -0.1) is 0 Å². The quantitative estimate of drug-likeness (QED) is 0.458. The Hall–Kier alpha value is -2.60. The third-order valence-corrected chi connectivity index (χ3v) is 2.78. The second-order valence-corrected chi connectivity index (χ2v) is 4.54. The molecule has 0 aliphatic rings. The Morgan fingerprint density at radius 3 is 2.67 bits per heavy atom. The topological polar surface area (TPSA) is 66.3 Å². The molecule has 21 heavy (non-hydrogen) atoms. The summed E-state index contributed by atoms with van der Waals surface area (Å²) in [5, 5.41) is 3.33. The molecule has 108 valence electrons. The van der Waals surface area contributed by atoms with E-state index < -0.39 is 0 Å². The van der Waals surface area contributed by atoms with Crippen LogP contribution in [0, 0.1) is 0 Å². The predicted molar refractivity (Wildman–Crippen MR) is 84.9 cm³/mol. The minimum absolute atomic E-state index is 0.324. The van der Waals surface area contributed by atoms with Gasteiger partial charge in [-0.25, -0.2) is 0 Å². The summed E-state index contributed by atoms with van der Waals surface area (Å²) >= 11 is 5.06. The smallest absolute Gasteiger partial charge is 0.262 e. The van der Waals surface area contributed by atoms with Gasteiger partial charge in [0.2, 0.25) is 0 Å². The average Bonchev–Trinajstić information content (AvgIpc) is 3.03. The fourth-order valence-corrected chi connectivity index (χ4v) is 1.65. The fraction of sp³-hybridized carbons (Fsp3) is 0.0667. The molecule has 6 heteroatoms. The molecule has 3 N–H and O–H groups in total. The van der Waals surface area contributed by atoms with E-state index >= 15 is 0 Å². The van der Waals surface area contributed by atoms with Crippen LogP contribution in [-0.4, -0.2) is 11.0 Å². The van der Waals surface area contributed by atoms with E-state index in [-0.39, 0.29) is 5.91 Å². The van der Waals surface area contributed by atoms with Crippen molar-refractivity contribution in [3.63, 3.8) is 0 Å². The average molecular weight is 301 g/mol. The molecule has 0 unspecified atom stereocenters. The maximum Gasteiger partial charge on any atom is 0.262 e. The van der Waals surface area contributed by atoms with Gasteiger partial charge in [0.15, 0.2) is 5.11 Å². The zero-order valence-corrected chi connectivity index (χ0v) is 12.0. The minimum atomic E-state index is -0.324. The maximum absolute atomic E-state index is 11.5. The summed E-state index contributed by atoms with van der Waals surface area (Å²) in [6, 6.07) is 13.3. The molecule has 0 aliphatic carbocycles. The van der Waals surface area contributed by atoms with E-state index in [4.69, 9.17) is 16.6 Å². The third-order valence-electron chi connectivity index (χ3n) is 2.54. The lowest BCUT2D eigenvalue weighted by molar-refractivity contribution is -0.116. The van der Waals surface area contributed by atoms with Gasteiger partial charge in [-0.2, -0.15) is 0 Å². The molecule has 1 aromatic carbocycles. The molecular weight excluding hydrogens is 286 g/mol. The third kappa shape index (κ3) is 5.50. The van der Waals surface area contributed by atoms with Crippen molar-refractivity contribution < 1.29 is 9.21 Å². The molecule has 0 saturated carbocycles. The van der Waals surface area contributed by atoms with Crippen LogP contribution in [0.4, 0.5) is 0 Å². The summed E-state index contributed by atoms with van der Waals surface area (Å²) < 4.78 is 5.07. The number of amides is 1. The van der Waals surface area contributed by atoms with Crippen LogP contribution in [0.1, 0.15) is 11.3 Å². The Labute approximate surface area is 128 Å². The normalized spacial score (nSPS) is 10.3. The largest absolute Gasteiger partial charge is 0.465 e. The zero-order chi connectivity index (χ0) is 14.9. The number of nitrogens with one attached hydrogen (secondary N) is 3. The molecule has 0 saturated heterocycles. The number of hydrogen-bond acceptors (Lipinski definition) is 3. The molecule has 2 rings (SSSR count). The minimum Gasteiger partial charge on any atom is -0.465 e. The number of thiocarbonyl (C=S) groups is 1. The van der Waals surface area contributed by atoms with Crippen molar-refractivity contribution in [1.29, 1.82) is 0 Å². The standard InChI is InChI=1S/C15H15N3O2S/c19-14(9-8-13-7-4-10-20-13)17-18-15(21)16-11-12-5-2-1-3-6-12/h1-10H,11H2,(H,17,19)(H2,16,18,21). The number of hydrogen-bond donors (Lipinski definition) is 3. The molecule has 0 bridgehead atoms. The monoisotopic (exact) mass is 301 g/mol. The first-order valence-corrected chi connectivity index (χ1v) is 6.74. The van der Waals surface area contributed by atoms with Gasteiger partial charge < -0.3 is 9.73 Å². The lowest BCUT2D eigenvalue weighted by Crippen LogP contribution is -2.45. The summed E-state index contributed by atoms with van der Waals surface area (Å²) in [6.45, 7) is 0.588. The highest BCUT2D eigenvalue weighted by Gasteiger charge is 1.98. The number of carbonyl (C=O) groups excluding carboxylic acids is 1. The summed E-state index contributed by atoms with van der Waals surface area (Å²) in [5.41, 5.74) is 6.18. The SMILES string of the molecule is O=C(C=Cc1ccco1)NNC(=S)NCc1ccccc1. The van der Waals surface area contributed by atoms with E-state index in [0.29, 0.717) is 17.4 Å². The molecule has 0 spiro atoms. The van der Waals surface area contributed by atoms with Gasteiger partial charge in [-0.3, -0.25) is 15.6 Å². The number of furan rings is 1. The Kier molecular flexibility index (Phi) is 5.54. The molecule has 0 aliphatic heterocycles. The summed E-state index contributed by atoms with van der Waals surface area (Å²) in [5.74, 6) is 0.283. The fourth-order valence-electron chi connectivity index (χ4n) is 1.53. The van der Waals surface area contributed by atoms with E-state index in [1.807, 2.05) is 30.3 Å². The van der Waals surface area contributed by atoms with Crippen LogP contribution in [0.5, 0.6) is 0 Å². The Bertz CT molecular complexity index is 609. The molecule has 1 aromatic heterocycles. The van der Waals surface area contributed by atoms with Gasteiger partial charge in [0.1, 0.15) is 5.76 Å². The summed E-state index contributed by atoms with van der Waals surface area (Å²) in [4.78, 5) is 11.5. The molecule has 2 aromatic rings. The number of benzene rings is 1. The lowest BCUT2D eigenvalue weighted by atomic mass is 10.2. The van der Waals surface area contributed by atoms with Gasteiger partial charge in [0.25, 0.3) is 5.91 Å². The number of hydrazine groups is 1. The van der Waals surface area contributed by atoms with Crippen LogP contribution in [0.25, 0.3) is 6.08 Å². The predicted octanol–water partition coefficient (Wildman–Crippen LogP) is 1.99. The first-order valence-electron chi connectivity index (χ1n) is 6.33. The van der Waals surface area contributed by atoms with Crippen LogP contribution < -0.4 is 16.2 Å². The molecule has 0 fully saturated rings. The van der Waals surface area contributed by atoms with Crippen LogP contribution >= 0.6 is 12.2 Å². The second-order valence-electron chi connectivity index (χ2n) is 4.13. The van der Waals surface area contributed by atoms with Gasteiger partial charge in [-0.05, 0) is 36.0 Å². The first-order chi connectivity index (χ1) is 10.2. The van der Waals surface area contributed by atoms with E-state index in [1.54, 1.807) is 24.5 Å². The van der Waals surface area contributed by atoms with Crippen LogP contribution in [0.2, 0.25) is 0 Å². The highest BCUT2D eigenvalue weighted by molar-refractivity contribution is 7.80. The van der Waals surface area contributed by atoms with Crippen molar-refractivity contribution in [1.82, 2.24) is 16.2 Å². The molecule has 1 amide bonds. The van der Waals surface area contributed by atoms with E-state index in [9.17, 15) is 4.79 Å². The van der Waals surface area contributed by atoms with Crippen LogP contribution in [0.3, 0.4) is 0 Å². The van der Waals surface area contributed by atoms with Crippen LogP contribution in [-0.2, 0) is 11.3 Å². The number of carbonyl (C=O) groups is 1. The number of rotatable bonds is 4. The van der Waals surface area contributed by atoms with E-state index in [1.165, 1.54) is 6.08 Å². The van der Waals surface area contributed by atoms with Gasteiger partial charge in [0, 0.05) is 12.6 Å². The van der Waals surface area contributed by atoms with Gasteiger partial charge in [0.05, 0.1) is 6.26 Å². The molecule has 0 atom stereocenters. The van der Waals surface area contributed by atoms with Crippen molar-refractivity contribution in [3.8, 4) is 0 Å². The van der Waals surface area contributed by atoms with Crippen molar-refractivity contribution >= 4 is 29.3 Å². The highest BCUT2D eigenvalue weighted by Crippen LogP contribution is 2.01. The Morgan fingerprint density at radius 2 is 1.95 bits per heavy atom. The first kappa shape index (κ1) is 14.8. The van der Waals surface area contributed by atoms with E-state index in [2.05, 4.69) is 16.2 Å². The summed E-state index contributed by atoms with van der Waals surface area (Å²) in [6.07, 6.45) is 4.46. The molecular formula is C15H15N3O2S. The van der Waals surface area contributed by atoms with Gasteiger partial charge >= 0.3 is 0 Å². The zero-order valence-electron chi connectivity index (χ0n) is 11.2. The Balaban J connectivity index is 1.68. The molecule has 0 radical (unpaired) electrons. The van der Waals surface area contributed by atoms with Crippen molar-refractivity contribution in [3.05, 3.63) is 66.1 Å². The van der Waals surface area contributed by atoms with Crippen molar-refractivity contribution in [2.75, 3.05) is 0 Å². The van der Waals surface area contributed by atoms with E-state index in [0.717, 1.165) is 5.56 Å². The van der Waals surface area contributed by atoms with Gasteiger partial charge in [-0.1, -0.05) is 30.3 Å². The summed E-state index contributed by atoms with van der Waals surface area (Å²) in [7, 11) is 0. The second kappa shape index (κ2) is 7.86. The highest BCUT2D eigenvalue weighted by atomic mass is 32.1. The lowest BCUT2D eigenvalue weighted by Gasteiger charge is -2.10. The van der Waals surface area contributed by atoms with Crippen molar-refractivity contribution in [2.45, 2.75) is 6.54 Å². The maximum atomic E-state index is 11.5. The van der Waals surface area contributed by atoms with Crippen molar-refractivity contribution in [2.24, 2.45) is 0 Å².